The molecule has 2 saturated heterocycles. The summed E-state index contributed by atoms with van der Waals surface area (Å²) in [7, 11) is 0. The highest BCUT2D eigenvalue weighted by molar-refractivity contribution is 5.73. The number of aliphatic carboxylic acids is 2. The predicted molar refractivity (Wildman–Crippen MR) is 122 cm³/mol. The molecule has 0 aliphatic carbocycles. The predicted octanol–water partition coefficient (Wildman–Crippen LogP) is 4.70. The number of alkyl halides is 6. The van der Waals surface area contributed by atoms with E-state index in [9.17, 15) is 26.3 Å². The van der Waals surface area contributed by atoms with Gasteiger partial charge in [-0.05, 0) is 44.4 Å². The molecular formula is C24H28F6N2O7. The van der Waals surface area contributed by atoms with E-state index in [1.165, 1.54) is 0 Å². The number of rotatable bonds is 5. The first-order valence-electron chi connectivity index (χ1n) is 11.7. The maximum absolute atomic E-state index is 10.6. The molecular weight excluding hydrogens is 542 g/mol. The van der Waals surface area contributed by atoms with Gasteiger partial charge in [-0.2, -0.15) is 26.3 Å². The molecule has 2 fully saturated rings. The van der Waals surface area contributed by atoms with Gasteiger partial charge in [0.05, 0.1) is 19.3 Å². The molecule has 2 aromatic rings. The van der Waals surface area contributed by atoms with Crippen molar-refractivity contribution in [3.63, 3.8) is 0 Å². The Bertz CT molecular complexity index is 1040. The number of pyridine rings is 1. The van der Waals surface area contributed by atoms with Crippen LogP contribution in [0.25, 0.3) is 0 Å². The van der Waals surface area contributed by atoms with Gasteiger partial charge in [0.15, 0.2) is 0 Å². The summed E-state index contributed by atoms with van der Waals surface area (Å²) in [4.78, 5) is 24.6. The summed E-state index contributed by atoms with van der Waals surface area (Å²) in [5.74, 6) is -2.81. The number of aryl methyl sites for hydroxylation is 1. The first kappa shape index (κ1) is 31.9. The Labute approximate surface area is 219 Å². The van der Waals surface area contributed by atoms with Crippen molar-refractivity contribution in [3.05, 3.63) is 48.0 Å². The normalized spacial score (nSPS) is 21.4. The molecule has 15 heteroatoms. The summed E-state index contributed by atoms with van der Waals surface area (Å²) in [5, 5.41) is 14.2. The number of piperidine rings is 1. The van der Waals surface area contributed by atoms with Crippen LogP contribution in [0.2, 0.25) is 0 Å². The zero-order valence-corrected chi connectivity index (χ0v) is 20.8. The van der Waals surface area contributed by atoms with E-state index in [0.29, 0.717) is 12.5 Å². The van der Waals surface area contributed by atoms with Crippen LogP contribution < -0.4 is 4.74 Å². The van der Waals surface area contributed by atoms with Crippen molar-refractivity contribution in [2.75, 3.05) is 26.3 Å². The largest absolute Gasteiger partial charge is 0.490 e. The molecule has 0 saturated carbocycles. The lowest BCUT2D eigenvalue weighted by Crippen LogP contribution is -2.57. The highest BCUT2D eigenvalue weighted by Crippen LogP contribution is 2.41. The van der Waals surface area contributed by atoms with E-state index in [4.69, 9.17) is 33.7 Å². The van der Waals surface area contributed by atoms with Crippen LogP contribution in [0.15, 0.2) is 40.9 Å². The average molecular weight is 570 g/mol. The molecule has 0 spiro atoms. The zero-order valence-electron chi connectivity index (χ0n) is 20.8. The number of nitrogens with zero attached hydrogens (tertiary/aromatic N) is 2. The second-order valence-corrected chi connectivity index (χ2v) is 8.90. The minimum absolute atomic E-state index is 0.0374. The monoisotopic (exact) mass is 570 g/mol. The third-order valence-electron chi connectivity index (χ3n) is 5.87. The number of fused-ring (bicyclic) bond motifs is 1. The fourth-order valence-electron chi connectivity index (χ4n) is 4.17. The molecule has 2 aliphatic rings. The second-order valence-electron chi connectivity index (χ2n) is 8.90. The summed E-state index contributed by atoms with van der Waals surface area (Å²) >= 11 is 0. The molecule has 2 atom stereocenters. The van der Waals surface area contributed by atoms with Crippen LogP contribution in [0, 0.1) is 12.3 Å². The van der Waals surface area contributed by atoms with Crippen LogP contribution in [0.3, 0.4) is 0 Å². The number of halogens is 6. The smallest absolute Gasteiger partial charge is 0.477 e. The number of carboxylic acid groups (broad SMARTS) is 2. The van der Waals surface area contributed by atoms with E-state index in [2.05, 4.69) is 16.0 Å². The van der Waals surface area contributed by atoms with Gasteiger partial charge in [0.25, 0.3) is 0 Å². The summed E-state index contributed by atoms with van der Waals surface area (Å²) in [6.07, 6.45) is -4.84. The molecule has 2 unspecified atom stereocenters. The van der Waals surface area contributed by atoms with Crippen molar-refractivity contribution in [1.82, 2.24) is 9.88 Å². The van der Waals surface area contributed by atoms with Crippen LogP contribution >= 0.6 is 0 Å². The maximum Gasteiger partial charge on any atom is 0.490 e. The van der Waals surface area contributed by atoms with Gasteiger partial charge in [0, 0.05) is 37.4 Å². The number of hydrogen-bond acceptors (Lipinski definition) is 7. The number of ether oxygens (including phenoxy) is 2. The topological polar surface area (TPSA) is 122 Å². The van der Waals surface area contributed by atoms with Crippen molar-refractivity contribution in [2.45, 2.75) is 51.2 Å². The molecule has 4 heterocycles. The Morgan fingerprint density at radius 3 is 2.26 bits per heavy atom. The van der Waals surface area contributed by atoms with Gasteiger partial charge in [0.2, 0.25) is 5.88 Å². The highest BCUT2D eigenvalue weighted by atomic mass is 19.4. The summed E-state index contributed by atoms with van der Waals surface area (Å²) in [6, 6.07) is 9.90. The molecule has 0 bridgehead atoms. The fourth-order valence-corrected chi connectivity index (χ4v) is 4.17. The molecule has 39 heavy (non-hydrogen) atoms. The van der Waals surface area contributed by atoms with Gasteiger partial charge in [0.1, 0.15) is 11.5 Å². The van der Waals surface area contributed by atoms with Gasteiger partial charge >= 0.3 is 24.3 Å². The van der Waals surface area contributed by atoms with E-state index >= 15 is 0 Å². The van der Waals surface area contributed by atoms with Crippen molar-refractivity contribution in [3.8, 4) is 5.88 Å². The molecule has 0 radical (unpaired) electrons. The highest BCUT2D eigenvalue weighted by Gasteiger charge is 2.47. The molecule has 2 aliphatic heterocycles. The Morgan fingerprint density at radius 1 is 1.10 bits per heavy atom. The van der Waals surface area contributed by atoms with Gasteiger partial charge in [-0.25, -0.2) is 14.6 Å². The Kier molecular flexibility index (Phi) is 11.2. The molecule has 4 rings (SSSR count). The van der Waals surface area contributed by atoms with Gasteiger partial charge in [-0.1, -0.05) is 6.07 Å². The van der Waals surface area contributed by atoms with Gasteiger partial charge in [-0.15, -0.1) is 0 Å². The third-order valence-corrected chi connectivity index (χ3v) is 5.87. The van der Waals surface area contributed by atoms with E-state index in [-0.39, 0.29) is 11.5 Å². The third kappa shape index (κ3) is 10.4. The summed E-state index contributed by atoms with van der Waals surface area (Å²) in [6.45, 7) is 6.38. The lowest BCUT2D eigenvalue weighted by molar-refractivity contribution is -0.193. The lowest BCUT2D eigenvalue weighted by Gasteiger charge is -2.50. The van der Waals surface area contributed by atoms with Crippen molar-refractivity contribution in [2.24, 2.45) is 5.41 Å². The Hall–Kier alpha value is -3.33. The van der Waals surface area contributed by atoms with Crippen LogP contribution in [-0.2, 0) is 20.9 Å². The molecule has 0 aromatic carbocycles. The van der Waals surface area contributed by atoms with Crippen LogP contribution in [0.1, 0.15) is 30.8 Å². The standard InChI is InChI=1S/C20H26N2O3.2C2HF3O2/c1-16-6-7-17(25-16)13-22-11-8-18-20(14-22,9-4-12-23-18)15-24-19-5-2-3-10-21-19;2*3-2(4,5)1(6)7/h2-3,5-7,10,18H,4,8-9,11-15H2,1H3;2*(H,6,7). The van der Waals surface area contributed by atoms with E-state index in [1.54, 1.807) is 6.20 Å². The number of furan rings is 1. The fraction of sp³-hybridized carbons (Fsp3) is 0.542. The van der Waals surface area contributed by atoms with E-state index in [0.717, 1.165) is 57.0 Å². The minimum Gasteiger partial charge on any atom is -0.477 e. The Balaban J connectivity index is 0.000000317. The average Bonchev–Trinajstić information content (AvgIpc) is 3.27. The van der Waals surface area contributed by atoms with E-state index in [1.807, 2.05) is 31.2 Å². The van der Waals surface area contributed by atoms with Crippen LogP contribution in [-0.4, -0.2) is 76.8 Å². The molecule has 9 nitrogen and oxygen atoms in total. The molecule has 2 aromatic heterocycles. The second kappa shape index (κ2) is 13.6. The Morgan fingerprint density at radius 2 is 1.74 bits per heavy atom. The first-order chi connectivity index (χ1) is 18.1. The molecule has 218 valence electrons. The summed E-state index contributed by atoms with van der Waals surface area (Å²) < 4.78 is 81.4. The van der Waals surface area contributed by atoms with Crippen LogP contribution in [0.5, 0.6) is 5.88 Å². The van der Waals surface area contributed by atoms with E-state index < -0.39 is 24.3 Å². The van der Waals surface area contributed by atoms with Crippen molar-refractivity contribution in [1.29, 1.82) is 0 Å². The number of likely N-dealkylation sites (tertiary alicyclic amines) is 1. The minimum atomic E-state index is -5.08. The van der Waals surface area contributed by atoms with Gasteiger partial charge < -0.3 is 24.1 Å². The zero-order chi connectivity index (χ0) is 29.3. The summed E-state index contributed by atoms with van der Waals surface area (Å²) in [5.41, 5.74) is 0.0374. The van der Waals surface area contributed by atoms with Crippen LogP contribution in [0.4, 0.5) is 26.3 Å². The number of carbonyl (C=O) groups is 2. The quantitative estimate of drug-likeness (QED) is 0.493. The SMILES string of the molecule is Cc1ccc(CN2CCC3OCCCC3(COc3ccccn3)C2)o1.O=C(O)C(F)(F)F.O=C(O)C(F)(F)F. The van der Waals surface area contributed by atoms with Gasteiger partial charge in [-0.3, -0.25) is 4.90 Å². The molecule has 0 amide bonds. The number of hydrogen-bond donors (Lipinski definition) is 2. The first-order valence-corrected chi connectivity index (χ1v) is 11.7. The molecule has 2 N–H and O–H groups in total. The maximum atomic E-state index is 10.6. The number of carboxylic acids is 2. The van der Waals surface area contributed by atoms with Crippen molar-refractivity contribution < 1.29 is 60.0 Å². The lowest BCUT2D eigenvalue weighted by atomic mass is 9.73. The number of aromatic nitrogens is 1. The van der Waals surface area contributed by atoms with Crippen molar-refractivity contribution >= 4 is 11.9 Å².